The van der Waals surface area contributed by atoms with Gasteiger partial charge in [-0.25, -0.2) is 4.85 Å². The van der Waals surface area contributed by atoms with Crippen molar-refractivity contribution in [1.82, 2.24) is 9.13 Å². The number of halogens is 3. The SMILES string of the molecule is [C-]#[N+]c1ccc(-n2c3ccccc3c3ccccc32)c(-c2cc(C(F)(F)F)ccc2-n2c3ccccc3c3cc(-c4cc5c6c(c4)N(c4cc(C(C)(C)C)cc(C(C)(C)C)c4)c4ccccc4B6c4ccccc4N5c4cc(C(C)(C)C)cc(C(C)(C)C)c4)ccc32)c1. The van der Waals surface area contributed by atoms with Crippen LogP contribution in [0.25, 0.3) is 82.1 Å². The average molecular weight is 1220 g/mol. The molecule has 2 aliphatic rings. The Kier molecular flexibility index (Phi) is 13.4. The first-order valence-corrected chi connectivity index (χ1v) is 32.3. The van der Waals surface area contributed by atoms with Gasteiger partial charge < -0.3 is 18.9 Å². The average Bonchev–Trinajstić information content (AvgIpc) is 0.987. The van der Waals surface area contributed by atoms with Crippen LogP contribution >= 0.6 is 0 Å². The van der Waals surface area contributed by atoms with Crippen molar-refractivity contribution in [1.29, 1.82) is 0 Å². The summed E-state index contributed by atoms with van der Waals surface area (Å²) in [6.07, 6.45) is -4.66. The molecule has 15 rings (SSSR count). The Balaban J connectivity index is 1.01. The summed E-state index contributed by atoms with van der Waals surface area (Å²) in [5.74, 6) is 0. The van der Waals surface area contributed by atoms with E-state index in [0.717, 1.165) is 88.9 Å². The lowest BCUT2D eigenvalue weighted by molar-refractivity contribution is -0.137. The van der Waals surface area contributed by atoms with Gasteiger partial charge in [0.25, 0.3) is 6.71 Å². The summed E-state index contributed by atoms with van der Waals surface area (Å²) in [4.78, 5) is 8.94. The van der Waals surface area contributed by atoms with E-state index in [9.17, 15) is 0 Å². The normalized spacial score (nSPS) is 13.5. The van der Waals surface area contributed by atoms with Gasteiger partial charge in [0, 0.05) is 61.2 Å². The van der Waals surface area contributed by atoms with Crippen molar-refractivity contribution in [2.24, 2.45) is 0 Å². The Morgan fingerprint density at radius 3 is 1.17 bits per heavy atom. The van der Waals surface area contributed by atoms with Gasteiger partial charge in [0.05, 0.1) is 45.6 Å². The van der Waals surface area contributed by atoms with Crippen LogP contribution in [-0.2, 0) is 27.8 Å². The Hall–Kier alpha value is -10.0. The third kappa shape index (κ3) is 9.74. The highest BCUT2D eigenvalue weighted by molar-refractivity contribution is 7.00. The summed E-state index contributed by atoms with van der Waals surface area (Å²) in [5.41, 5.74) is 21.9. The Morgan fingerprint density at radius 2 is 0.731 bits per heavy atom. The fourth-order valence-electron chi connectivity index (χ4n) is 14.6. The highest BCUT2D eigenvalue weighted by Crippen LogP contribution is 2.51. The molecule has 2 aromatic heterocycles. The third-order valence-electron chi connectivity index (χ3n) is 19.5. The Bertz CT molecular complexity index is 5030. The second-order valence-corrected chi connectivity index (χ2v) is 29.7. The minimum absolute atomic E-state index is 0.103. The number of aromatic nitrogens is 2. The van der Waals surface area contributed by atoms with E-state index in [4.69, 9.17) is 6.57 Å². The first-order valence-electron chi connectivity index (χ1n) is 32.3. The van der Waals surface area contributed by atoms with Crippen molar-refractivity contribution in [2.45, 2.75) is 111 Å². The van der Waals surface area contributed by atoms with E-state index in [1.165, 1.54) is 50.8 Å². The number of rotatable bonds is 6. The van der Waals surface area contributed by atoms with Crippen molar-refractivity contribution in [3.8, 4) is 33.6 Å². The molecule has 11 aromatic carbocycles. The molecule has 0 saturated carbocycles. The summed E-state index contributed by atoms with van der Waals surface area (Å²) in [5, 5.41) is 3.93. The lowest BCUT2D eigenvalue weighted by atomic mass is 9.33. The molecule has 0 spiro atoms. The van der Waals surface area contributed by atoms with Crippen molar-refractivity contribution in [3.05, 3.63) is 264 Å². The summed E-state index contributed by atoms with van der Waals surface area (Å²) >= 11 is 0. The molecule has 0 saturated heterocycles. The lowest BCUT2D eigenvalue weighted by Crippen LogP contribution is -2.61. The zero-order valence-electron chi connectivity index (χ0n) is 54.8. The first-order chi connectivity index (χ1) is 44.2. The zero-order valence-corrected chi connectivity index (χ0v) is 54.8. The molecule has 0 N–H and O–H groups in total. The van der Waals surface area contributed by atoms with Crippen LogP contribution in [0.15, 0.2) is 224 Å². The monoisotopic (exact) mass is 1220 g/mol. The van der Waals surface area contributed by atoms with Crippen LogP contribution in [0.5, 0.6) is 0 Å². The van der Waals surface area contributed by atoms with E-state index < -0.39 is 11.7 Å². The van der Waals surface area contributed by atoms with Gasteiger partial charge in [-0.15, -0.1) is 0 Å². The largest absolute Gasteiger partial charge is 0.416 e. The van der Waals surface area contributed by atoms with E-state index >= 15 is 13.2 Å². The van der Waals surface area contributed by atoms with Crippen LogP contribution in [0.1, 0.15) is 111 Å². The molecule has 0 unspecified atom stereocenters. The molecule has 458 valence electrons. The van der Waals surface area contributed by atoms with E-state index in [1.54, 1.807) is 18.2 Å². The number of alkyl halides is 3. The van der Waals surface area contributed by atoms with Crippen LogP contribution in [0.2, 0.25) is 0 Å². The molecule has 0 fully saturated rings. The van der Waals surface area contributed by atoms with Crippen molar-refractivity contribution in [3.63, 3.8) is 0 Å². The standard InChI is InChI=1S/C84H73BF3N5/c1-80(2,3)54-43-55(81(4,5)6)46-59(45-54)90-75-32-22-17-27-67(75)85-68-28-18-23-33-76(68)91(60-47-56(82(7,8)9)44-57(48-60)83(10,11)12)78-42-52(41-77(90)79(78)85)51-34-37-72-64(40-51)63-26-16-21-31-71(63)93(72)73-38-35-53(84(86,87)88)49-65(73)66-50-58(89-13)36-39-74(66)92-69-29-19-14-24-61(69)62-25-15-20-30-70(62)92/h14-50H,1-12H3. The third-order valence-corrected chi connectivity index (χ3v) is 19.5. The molecule has 0 amide bonds. The lowest BCUT2D eigenvalue weighted by Gasteiger charge is -2.45. The minimum Gasteiger partial charge on any atom is -0.311 e. The molecule has 2 aliphatic heterocycles. The maximum Gasteiger partial charge on any atom is 0.416 e. The molecule has 9 heteroatoms. The fourth-order valence-corrected chi connectivity index (χ4v) is 14.6. The van der Waals surface area contributed by atoms with Gasteiger partial charge in [0.15, 0.2) is 5.69 Å². The van der Waals surface area contributed by atoms with Gasteiger partial charge in [0.2, 0.25) is 0 Å². The van der Waals surface area contributed by atoms with Crippen LogP contribution in [0, 0.1) is 6.57 Å². The molecule has 4 heterocycles. The topological polar surface area (TPSA) is 20.7 Å². The van der Waals surface area contributed by atoms with Gasteiger partial charge in [0.1, 0.15) is 0 Å². The van der Waals surface area contributed by atoms with E-state index in [-0.39, 0.29) is 28.4 Å². The predicted octanol–water partition coefficient (Wildman–Crippen LogP) is 22.1. The molecule has 0 atom stereocenters. The maximum atomic E-state index is 15.4. The molecular formula is C84H73BF3N5. The molecule has 93 heavy (non-hydrogen) atoms. The molecule has 0 aliphatic carbocycles. The quantitative estimate of drug-likeness (QED) is 0.122. The van der Waals surface area contributed by atoms with Gasteiger partial charge in [-0.1, -0.05) is 198 Å². The molecule has 0 radical (unpaired) electrons. The van der Waals surface area contributed by atoms with Crippen LogP contribution in [0.4, 0.5) is 53.0 Å². The summed E-state index contributed by atoms with van der Waals surface area (Å²) in [6, 6.07) is 77.7. The zero-order chi connectivity index (χ0) is 65.0. The van der Waals surface area contributed by atoms with Gasteiger partial charge in [-0.3, -0.25) is 0 Å². The van der Waals surface area contributed by atoms with E-state index in [2.05, 4.69) is 246 Å². The highest BCUT2D eigenvalue weighted by Gasteiger charge is 2.44. The van der Waals surface area contributed by atoms with Gasteiger partial charge in [-0.2, -0.15) is 13.2 Å². The van der Waals surface area contributed by atoms with Crippen LogP contribution in [0.3, 0.4) is 0 Å². The van der Waals surface area contributed by atoms with Crippen LogP contribution < -0.4 is 26.2 Å². The maximum absolute atomic E-state index is 15.4. The second kappa shape index (κ2) is 21.0. The summed E-state index contributed by atoms with van der Waals surface area (Å²) in [6.45, 7) is 35.8. The Labute approximate surface area is 543 Å². The van der Waals surface area contributed by atoms with Crippen molar-refractivity contribution >= 4 is 107 Å². The summed E-state index contributed by atoms with van der Waals surface area (Å²) < 4.78 is 50.4. The summed E-state index contributed by atoms with van der Waals surface area (Å²) in [7, 11) is 0. The predicted molar refractivity (Wildman–Crippen MR) is 386 cm³/mol. The molecule has 5 nitrogen and oxygen atoms in total. The number of fused-ring (bicyclic) bond motifs is 10. The Morgan fingerprint density at radius 1 is 0.333 bits per heavy atom. The molecule has 13 aromatic rings. The highest BCUT2D eigenvalue weighted by atomic mass is 19.4. The number of para-hydroxylation sites is 5. The van der Waals surface area contributed by atoms with E-state index in [1.807, 2.05) is 54.6 Å². The molecule has 0 bridgehead atoms. The van der Waals surface area contributed by atoms with Gasteiger partial charge >= 0.3 is 6.18 Å². The number of nitrogens with zero attached hydrogens (tertiary/aromatic N) is 5. The smallest absolute Gasteiger partial charge is 0.311 e. The molecular weight excluding hydrogens is 1150 g/mol. The number of benzene rings is 11. The first kappa shape index (κ1) is 59.3. The van der Waals surface area contributed by atoms with Gasteiger partial charge in [-0.05, 0) is 186 Å². The van der Waals surface area contributed by atoms with Crippen molar-refractivity contribution in [2.75, 3.05) is 9.80 Å². The van der Waals surface area contributed by atoms with Crippen LogP contribution in [-0.4, -0.2) is 15.8 Å². The second-order valence-electron chi connectivity index (χ2n) is 29.7. The number of hydrogen-bond acceptors (Lipinski definition) is 2. The minimum atomic E-state index is -4.66. The number of anilines is 6. The number of hydrogen-bond donors (Lipinski definition) is 0. The van der Waals surface area contributed by atoms with E-state index in [0.29, 0.717) is 28.2 Å². The fraction of sp³-hybridized carbons (Fsp3) is 0.202. The van der Waals surface area contributed by atoms with Crippen molar-refractivity contribution < 1.29 is 13.2 Å².